The van der Waals surface area contributed by atoms with E-state index in [1.165, 1.54) is 0 Å². The first-order valence-corrected chi connectivity index (χ1v) is 7.17. The molecule has 0 aliphatic heterocycles. The lowest BCUT2D eigenvalue weighted by Crippen LogP contribution is -2.01. The molecule has 0 fully saturated rings. The van der Waals surface area contributed by atoms with Crippen LogP contribution in [0, 0.1) is 0 Å². The summed E-state index contributed by atoms with van der Waals surface area (Å²) in [5.74, 6) is 1.47. The van der Waals surface area contributed by atoms with Gasteiger partial charge < -0.3 is 14.8 Å². The summed E-state index contributed by atoms with van der Waals surface area (Å²) in [6.45, 7) is 3.29. The number of halogens is 1. The van der Waals surface area contributed by atoms with Crippen molar-refractivity contribution in [2.24, 2.45) is 0 Å². The first kappa shape index (κ1) is 14.7. The molecule has 2 rings (SSSR count). The van der Waals surface area contributed by atoms with E-state index in [0.29, 0.717) is 12.5 Å². The Kier molecular flexibility index (Phi) is 5.24. The number of methoxy groups -OCH3 is 1. The van der Waals surface area contributed by atoms with Crippen LogP contribution in [0.4, 0.5) is 5.69 Å². The first-order chi connectivity index (χ1) is 9.72. The van der Waals surface area contributed by atoms with E-state index < -0.39 is 0 Å². The minimum atomic E-state index is 0.625. The molecule has 20 heavy (non-hydrogen) atoms. The molecule has 4 nitrogen and oxygen atoms in total. The third kappa shape index (κ3) is 3.87. The molecule has 106 valence electrons. The van der Waals surface area contributed by atoms with E-state index in [-0.39, 0.29) is 0 Å². The van der Waals surface area contributed by atoms with Gasteiger partial charge in [0.1, 0.15) is 5.75 Å². The van der Waals surface area contributed by atoms with Gasteiger partial charge >= 0.3 is 0 Å². The number of aromatic nitrogens is 1. The van der Waals surface area contributed by atoms with Gasteiger partial charge in [0.15, 0.2) is 0 Å². The van der Waals surface area contributed by atoms with Crippen molar-refractivity contribution in [3.8, 4) is 11.6 Å². The highest BCUT2D eigenvalue weighted by molar-refractivity contribution is 9.10. The fourth-order valence-electron chi connectivity index (χ4n) is 1.74. The molecule has 0 amide bonds. The van der Waals surface area contributed by atoms with Crippen molar-refractivity contribution in [2.45, 2.75) is 13.5 Å². The second-order valence-corrected chi connectivity index (χ2v) is 4.99. The van der Waals surface area contributed by atoms with Gasteiger partial charge in [-0.3, -0.25) is 0 Å². The SMILES string of the molecule is CCOc1ccc(NCc2ccc(OC)c(Br)c2)cn1. The monoisotopic (exact) mass is 336 g/mol. The van der Waals surface area contributed by atoms with Crippen LogP contribution < -0.4 is 14.8 Å². The molecule has 0 atom stereocenters. The summed E-state index contributed by atoms with van der Waals surface area (Å²) in [5.41, 5.74) is 2.12. The third-order valence-corrected chi connectivity index (χ3v) is 3.36. The highest BCUT2D eigenvalue weighted by Crippen LogP contribution is 2.25. The van der Waals surface area contributed by atoms with E-state index in [4.69, 9.17) is 9.47 Å². The van der Waals surface area contributed by atoms with Gasteiger partial charge in [-0.15, -0.1) is 0 Å². The average Bonchev–Trinajstić information content (AvgIpc) is 2.47. The zero-order valence-electron chi connectivity index (χ0n) is 11.5. The quantitative estimate of drug-likeness (QED) is 0.869. The van der Waals surface area contributed by atoms with Crippen molar-refractivity contribution < 1.29 is 9.47 Å². The molecule has 1 aromatic heterocycles. The Labute approximate surface area is 127 Å². The van der Waals surface area contributed by atoms with Crippen molar-refractivity contribution in [3.05, 3.63) is 46.6 Å². The Balaban J connectivity index is 1.96. The number of anilines is 1. The minimum absolute atomic E-state index is 0.625. The Hall–Kier alpha value is -1.75. The van der Waals surface area contributed by atoms with E-state index in [1.807, 2.05) is 37.3 Å². The van der Waals surface area contributed by atoms with Crippen LogP contribution in [0.2, 0.25) is 0 Å². The largest absolute Gasteiger partial charge is 0.496 e. The Morgan fingerprint density at radius 3 is 2.70 bits per heavy atom. The van der Waals surface area contributed by atoms with Crippen LogP contribution in [-0.2, 0) is 6.54 Å². The number of nitrogens with one attached hydrogen (secondary N) is 1. The predicted octanol–water partition coefficient (Wildman–Crippen LogP) is 3.86. The summed E-state index contributed by atoms with van der Waals surface area (Å²) < 4.78 is 11.5. The second kappa shape index (κ2) is 7.14. The molecule has 0 spiro atoms. The van der Waals surface area contributed by atoms with Gasteiger partial charge in [-0.1, -0.05) is 6.07 Å². The molecule has 2 aromatic rings. The van der Waals surface area contributed by atoms with Crippen LogP contribution in [0.1, 0.15) is 12.5 Å². The molecule has 1 heterocycles. The highest BCUT2D eigenvalue weighted by Gasteiger charge is 2.02. The molecule has 0 saturated heterocycles. The average molecular weight is 337 g/mol. The molecular formula is C15H17BrN2O2. The van der Waals surface area contributed by atoms with Crippen LogP contribution in [0.15, 0.2) is 41.0 Å². The maximum Gasteiger partial charge on any atom is 0.213 e. The molecule has 0 saturated carbocycles. The van der Waals surface area contributed by atoms with Crippen LogP contribution in [0.3, 0.4) is 0 Å². The lowest BCUT2D eigenvalue weighted by Gasteiger charge is -2.09. The van der Waals surface area contributed by atoms with E-state index in [1.54, 1.807) is 13.3 Å². The number of ether oxygens (including phenoxy) is 2. The van der Waals surface area contributed by atoms with Crippen molar-refractivity contribution in [1.82, 2.24) is 4.98 Å². The number of pyridine rings is 1. The number of hydrogen-bond donors (Lipinski definition) is 1. The van der Waals surface area contributed by atoms with Gasteiger partial charge in [-0.05, 0) is 46.6 Å². The molecule has 5 heteroatoms. The van der Waals surface area contributed by atoms with E-state index >= 15 is 0 Å². The Morgan fingerprint density at radius 2 is 2.10 bits per heavy atom. The molecule has 0 aliphatic rings. The van der Waals surface area contributed by atoms with Gasteiger partial charge in [-0.25, -0.2) is 4.98 Å². The van der Waals surface area contributed by atoms with Crippen LogP contribution >= 0.6 is 15.9 Å². The fraction of sp³-hybridized carbons (Fsp3) is 0.267. The standard InChI is InChI=1S/C15H17BrN2O2/c1-3-20-15-7-5-12(10-18-15)17-9-11-4-6-14(19-2)13(16)8-11/h4-8,10,17H,3,9H2,1-2H3. The third-order valence-electron chi connectivity index (χ3n) is 2.74. The van der Waals surface area contributed by atoms with Crippen molar-refractivity contribution in [2.75, 3.05) is 19.0 Å². The topological polar surface area (TPSA) is 43.4 Å². The van der Waals surface area contributed by atoms with Crippen LogP contribution in [0.5, 0.6) is 11.6 Å². The maximum absolute atomic E-state index is 5.31. The van der Waals surface area contributed by atoms with Crippen LogP contribution in [-0.4, -0.2) is 18.7 Å². The number of rotatable bonds is 6. The zero-order valence-corrected chi connectivity index (χ0v) is 13.1. The summed E-state index contributed by atoms with van der Waals surface area (Å²) in [6, 6.07) is 9.82. The maximum atomic E-state index is 5.31. The predicted molar refractivity (Wildman–Crippen MR) is 83.4 cm³/mol. The van der Waals surface area contributed by atoms with E-state index in [9.17, 15) is 0 Å². The molecular weight excluding hydrogens is 320 g/mol. The summed E-state index contributed by atoms with van der Waals surface area (Å²) in [6.07, 6.45) is 1.77. The van der Waals surface area contributed by atoms with Gasteiger partial charge in [0, 0.05) is 12.6 Å². The molecule has 1 aromatic carbocycles. The number of hydrogen-bond acceptors (Lipinski definition) is 4. The summed E-state index contributed by atoms with van der Waals surface area (Å²) in [4.78, 5) is 4.21. The summed E-state index contributed by atoms with van der Waals surface area (Å²) in [5, 5.41) is 3.32. The van der Waals surface area contributed by atoms with Gasteiger partial charge in [-0.2, -0.15) is 0 Å². The molecule has 0 aliphatic carbocycles. The van der Waals surface area contributed by atoms with Gasteiger partial charge in [0.25, 0.3) is 0 Å². The van der Waals surface area contributed by atoms with Gasteiger partial charge in [0.05, 0.1) is 30.1 Å². The van der Waals surface area contributed by atoms with Gasteiger partial charge in [0.2, 0.25) is 5.88 Å². The number of nitrogens with zero attached hydrogens (tertiary/aromatic N) is 1. The number of benzene rings is 1. The first-order valence-electron chi connectivity index (χ1n) is 6.38. The van der Waals surface area contributed by atoms with E-state index in [2.05, 4.69) is 26.2 Å². The lowest BCUT2D eigenvalue weighted by atomic mass is 10.2. The molecule has 1 N–H and O–H groups in total. The normalized spacial score (nSPS) is 10.2. The second-order valence-electron chi connectivity index (χ2n) is 4.14. The zero-order chi connectivity index (χ0) is 14.4. The van der Waals surface area contributed by atoms with E-state index in [0.717, 1.165) is 28.0 Å². The van der Waals surface area contributed by atoms with Crippen molar-refractivity contribution >= 4 is 21.6 Å². The summed E-state index contributed by atoms with van der Waals surface area (Å²) in [7, 11) is 1.66. The highest BCUT2D eigenvalue weighted by atomic mass is 79.9. The van der Waals surface area contributed by atoms with Crippen molar-refractivity contribution in [1.29, 1.82) is 0 Å². The molecule has 0 radical (unpaired) electrons. The molecule has 0 bridgehead atoms. The van der Waals surface area contributed by atoms with Crippen LogP contribution in [0.25, 0.3) is 0 Å². The minimum Gasteiger partial charge on any atom is -0.496 e. The fourth-order valence-corrected chi connectivity index (χ4v) is 2.33. The smallest absolute Gasteiger partial charge is 0.213 e. The van der Waals surface area contributed by atoms with Crippen molar-refractivity contribution in [3.63, 3.8) is 0 Å². The molecule has 0 unspecified atom stereocenters. The Bertz CT molecular complexity index is 558. The summed E-state index contributed by atoms with van der Waals surface area (Å²) >= 11 is 3.48. The lowest BCUT2D eigenvalue weighted by molar-refractivity contribution is 0.327. The Morgan fingerprint density at radius 1 is 1.25 bits per heavy atom.